The molecule has 3 N–H and O–H groups in total. The average Bonchev–Trinajstić information content (AvgIpc) is 2.75. The van der Waals surface area contributed by atoms with E-state index in [9.17, 15) is 36.3 Å². The molecular weight excluding hydrogens is 668 g/mol. The molecule has 0 aliphatic rings. The molecule has 0 saturated heterocycles. The molecule has 0 heterocycles. The van der Waals surface area contributed by atoms with E-state index in [4.69, 9.17) is 0 Å². The van der Waals surface area contributed by atoms with E-state index in [2.05, 4.69) is 21.2 Å². The normalized spacial score (nSPS) is 12.1. The number of nitrogens with one attached hydrogen (secondary N) is 2. The third kappa shape index (κ3) is 6.52. The van der Waals surface area contributed by atoms with Gasteiger partial charge in [-0.2, -0.15) is 0 Å². The van der Waals surface area contributed by atoms with Gasteiger partial charge in [-0.15, -0.1) is 0 Å². The fraction of sp³-hybridized carbons (Fsp3) is 0.0909. The quantitative estimate of drug-likeness (QED) is 0.299. The lowest BCUT2D eigenvalue weighted by molar-refractivity contribution is -0.139. The summed E-state index contributed by atoms with van der Waals surface area (Å²) in [5, 5.41) is 11.9. The summed E-state index contributed by atoms with van der Waals surface area (Å²) in [6.45, 7) is 0. The highest BCUT2D eigenvalue weighted by Crippen LogP contribution is 2.26. The number of carbonyl (C=O) groups is 2. The van der Waals surface area contributed by atoms with Gasteiger partial charge in [0.05, 0.1) is 15.7 Å². The molecule has 0 saturated carbocycles. The van der Waals surface area contributed by atoms with Crippen molar-refractivity contribution in [2.75, 3.05) is 4.72 Å². The molecular formula is C22H15BrF3IN2O5S. The lowest BCUT2D eigenvalue weighted by atomic mass is 10.0. The summed E-state index contributed by atoms with van der Waals surface area (Å²) in [5.74, 6) is -5.55. The number of carboxylic acid groups (broad SMARTS) is 1. The largest absolute Gasteiger partial charge is 0.480 e. The Labute approximate surface area is 220 Å². The van der Waals surface area contributed by atoms with E-state index in [1.165, 1.54) is 30.3 Å². The summed E-state index contributed by atoms with van der Waals surface area (Å²) in [5.41, 5.74) is -0.187. The van der Waals surface area contributed by atoms with Gasteiger partial charge in [-0.3, -0.25) is 9.52 Å². The molecule has 3 aromatic rings. The number of rotatable bonds is 8. The van der Waals surface area contributed by atoms with Crippen LogP contribution in [0.5, 0.6) is 0 Å². The topological polar surface area (TPSA) is 113 Å². The molecule has 1 amide bonds. The van der Waals surface area contributed by atoms with Gasteiger partial charge in [0.1, 0.15) is 23.5 Å². The first-order valence-electron chi connectivity index (χ1n) is 9.63. The van der Waals surface area contributed by atoms with Crippen LogP contribution in [0.25, 0.3) is 0 Å². The molecule has 0 unspecified atom stereocenters. The van der Waals surface area contributed by atoms with Gasteiger partial charge < -0.3 is 10.4 Å². The summed E-state index contributed by atoms with van der Waals surface area (Å²) in [4.78, 5) is 23.5. The number of anilines is 1. The highest BCUT2D eigenvalue weighted by molar-refractivity contribution is 14.1. The van der Waals surface area contributed by atoms with Crippen LogP contribution in [0.1, 0.15) is 15.9 Å². The van der Waals surface area contributed by atoms with E-state index in [1.54, 1.807) is 0 Å². The maximum absolute atomic E-state index is 14.1. The average molecular weight is 683 g/mol. The van der Waals surface area contributed by atoms with Crippen LogP contribution >= 0.6 is 38.5 Å². The predicted octanol–water partition coefficient (Wildman–Crippen LogP) is 4.70. The number of benzene rings is 3. The molecule has 184 valence electrons. The first kappa shape index (κ1) is 26.9. The van der Waals surface area contributed by atoms with Crippen LogP contribution in [-0.4, -0.2) is 31.4 Å². The second kappa shape index (κ2) is 11.0. The van der Waals surface area contributed by atoms with Crippen LogP contribution in [0.2, 0.25) is 0 Å². The molecule has 1 atom stereocenters. The summed E-state index contributed by atoms with van der Waals surface area (Å²) in [6, 6.07) is 8.89. The van der Waals surface area contributed by atoms with Gasteiger partial charge in [0.15, 0.2) is 4.90 Å². The zero-order chi connectivity index (χ0) is 25.9. The van der Waals surface area contributed by atoms with Gasteiger partial charge in [0.25, 0.3) is 15.9 Å². The van der Waals surface area contributed by atoms with Crippen molar-refractivity contribution in [3.8, 4) is 0 Å². The highest BCUT2D eigenvalue weighted by atomic mass is 127. The fourth-order valence-corrected chi connectivity index (χ4v) is 5.20. The lowest BCUT2D eigenvalue weighted by Gasteiger charge is -2.18. The molecule has 0 spiro atoms. The number of hydrogen-bond donors (Lipinski definition) is 3. The Balaban J connectivity index is 1.91. The maximum Gasteiger partial charge on any atom is 0.326 e. The number of aliphatic carboxylic acids is 1. The minimum atomic E-state index is -4.79. The number of sulfonamides is 1. The standard InChI is InChI=1S/C22H15BrF3IN2O5S/c23-14-8-11(4-7-15(14)24)9-19(22(31)32)28-21(30)13-6-5-12(27)10-18(13)29-35(33,34)20-16(25)2-1-3-17(20)26/h1-8,10,19,29H,9H2,(H,28,30)(H,31,32)/t19-/m0/s1. The number of amides is 1. The molecule has 0 aliphatic carbocycles. The summed E-state index contributed by atoms with van der Waals surface area (Å²) >= 11 is 4.84. The highest BCUT2D eigenvalue weighted by Gasteiger charge is 2.27. The number of carbonyl (C=O) groups excluding carboxylic acids is 1. The Bertz CT molecular complexity index is 1400. The third-order valence-electron chi connectivity index (χ3n) is 4.69. The van der Waals surface area contributed by atoms with E-state index in [0.29, 0.717) is 9.13 Å². The lowest BCUT2D eigenvalue weighted by Crippen LogP contribution is -2.42. The van der Waals surface area contributed by atoms with Gasteiger partial charge in [-0.25, -0.2) is 26.4 Å². The van der Waals surface area contributed by atoms with Gasteiger partial charge in [0, 0.05) is 9.99 Å². The van der Waals surface area contributed by atoms with E-state index in [-0.39, 0.29) is 22.1 Å². The summed E-state index contributed by atoms with van der Waals surface area (Å²) < 4.78 is 69.6. The maximum atomic E-state index is 14.1. The van der Waals surface area contributed by atoms with Crippen molar-refractivity contribution in [3.05, 3.63) is 91.2 Å². The first-order valence-corrected chi connectivity index (χ1v) is 13.0. The van der Waals surface area contributed by atoms with Crippen LogP contribution in [0.15, 0.2) is 64.0 Å². The Morgan fingerprint density at radius 2 is 1.66 bits per heavy atom. The van der Waals surface area contributed by atoms with Crippen molar-refractivity contribution >= 4 is 66.1 Å². The molecule has 13 heteroatoms. The second-order valence-corrected chi connectivity index (χ2v) is 10.9. The van der Waals surface area contributed by atoms with Gasteiger partial charge >= 0.3 is 5.97 Å². The van der Waals surface area contributed by atoms with Gasteiger partial charge in [0.2, 0.25) is 0 Å². The SMILES string of the molecule is O=C(N[C@@H](Cc1ccc(F)c(Br)c1)C(=O)O)c1ccc(I)cc1NS(=O)(=O)c1c(F)cccc1F. The van der Waals surface area contributed by atoms with Gasteiger partial charge in [-0.1, -0.05) is 12.1 Å². The molecule has 0 fully saturated rings. The third-order valence-corrected chi connectivity index (χ3v) is 7.38. The van der Waals surface area contributed by atoms with Crippen LogP contribution in [0.4, 0.5) is 18.9 Å². The van der Waals surface area contributed by atoms with E-state index in [1.807, 2.05) is 27.3 Å². The Hall–Kier alpha value is -2.65. The smallest absolute Gasteiger partial charge is 0.326 e. The summed E-state index contributed by atoms with van der Waals surface area (Å²) in [7, 11) is -4.79. The molecule has 0 aromatic heterocycles. The minimum absolute atomic E-state index is 0.111. The monoisotopic (exact) mass is 682 g/mol. The predicted molar refractivity (Wildman–Crippen MR) is 133 cm³/mol. The Morgan fingerprint density at radius 1 is 1.00 bits per heavy atom. The molecule has 7 nitrogen and oxygen atoms in total. The molecule has 3 rings (SSSR count). The van der Waals surface area contributed by atoms with Crippen molar-refractivity contribution in [2.24, 2.45) is 0 Å². The number of hydrogen-bond acceptors (Lipinski definition) is 4. The number of carboxylic acids is 1. The van der Waals surface area contributed by atoms with Crippen LogP contribution in [0, 0.1) is 21.0 Å². The Kier molecular flexibility index (Phi) is 8.43. The van der Waals surface area contributed by atoms with E-state index < -0.39 is 50.3 Å². The molecule has 0 aliphatic heterocycles. The Morgan fingerprint density at radius 3 is 2.26 bits per heavy atom. The van der Waals surface area contributed by atoms with E-state index in [0.717, 1.165) is 24.3 Å². The van der Waals surface area contributed by atoms with Crippen molar-refractivity contribution < 1.29 is 36.3 Å². The van der Waals surface area contributed by atoms with Crippen LogP contribution in [0.3, 0.4) is 0 Å². The van der Waals surface area contributed by atoms with Crippen LogP contribution < -0.4 is 10.0 Å². The molecule has 0 bridgehead atoms. The minimum Gasteiger partial charge on any atom is -0.480 e. The molecule has 0 radical (unpaired) electrons. The first-order chi connectivity index (χ1) is 16.4. The van der Waals surface area contributed by atoms with Crippen LogP contribution in [-0.2, 0) is 21.2 Å². The zero-order valence-electron chi connectivity index (χ0n) is 17.4. The van der Waals surface area contributed by atoms with Crippen molar-refractivity contribution in [2.45, 2.75) is 17.4 Å². The summed E-state index contributed by atoms with van der Waals surface area (Å²) in [6.07, 6.45) is -0.203. The van der Waals surface area contributed by atoms with Crippen molar-refractivity contribution in [1.82, 2.24) is 5.32 Å². The second-order valence-electron chi connectivity index (χ2n) is 7.16. The van der Waals surface area contributed by atoms with Gasteiger partial charge in [-0.05, 0) is 86.5 Å². The number of halogens is 5. The molecule has 35 heavy (non-hydrogen) atoms. The van der Waals surface area contributed by atoms with Crippen molar-refractivity contribution in [3.63, 3.8) is 0 Å². The van der Waals surface area contributed by atoms with E-state index >= 15 is 0 Å². The zero-order valence-corrected chi connectivity index (χ0v) is 21.9. The fourth-order valence-electron chi connectivity index (χ4n) is 3.07. The molecule has 3 aromatic carbocycles. The van der Waals surface area contributed by atoms with Crippen molar-refractivity contribution in [1.29, 1.82) is 0 Å².